The van der Waals surface area contributed by atoms with E-state index in [0.29, 0.717) is 13.0 Å². The van der Waals surface area contributed by atoms with Crippen LogP contribution in [0.2, 0.25) is 0 Å². The normalized spacial score (nSPS) is 26.2. The van der Waals surface area contributed by atoms with Gasteiger partial charge >= 0.3 is 5.97 Å². The summed E-state index contributed by atoms with van der Waals surface area (Å²) in [6, 6.07) is 0. The maximum absolute atomic E-state index is 13.0. The third-order valence-electron chi connectivity index (χ3n) is 12.5. The van der Waals surface area contributed by atoms with E-state index in [-0.39, 0.29) is 25.6 Å². The summed E-state index contributed by atoms with van der Waals surface area (Å²) in [5.74, 6) is -0.390. The Bertz CT molecular complexity index is 1370. The van der Waals surface area contributed by atoms with E-state index in [4.69, 9.17) is 28.4 Å². The van der Waals surface area contributed by atoms with Gasteiger partial charge in [-0.1, -0.05) is 158 Å². The van der Waals surface area contributed by atoms with E-state index in [1.165, 1.54) is 64.2 Å². The van der Waals surface area contributed by atoms with Gasteiger partial charge < -0.3 is 64.2 Å². The second kappa shape index (κ2) is 42.2. The van der Waals surface area contributed by atoms with Gasteiger partial charge in [0.05, 0.1) is 26.4 Å². The predicted molar refractivity (Wildman–Crippen MR) is 270 cm³/mol. The molecule has 2 aliphatic rings. The molecule has 0 amide bonds. The van der Waals surface area contributed by atoms with Crippen LogP contribution >= 0.6 is 0 Å². The molecule has 2 rings (SSSR count). The minimum absolute atomic E-state index is 0.0520. The van der Waals surface area contributed by atoms with Crippen LogP contribution in [0.1, 0.15) is 181 Å². The highest BCUT2D eigenvalue weighted by Crippen LogP contribution is 2.26. The number of hydrogen-bond donors (Lipinski definition) is 7. The molecule has 0 aromatic carbocycles. The predicted octanol–water partition coefficient (Wildman–Crippen LogP) is 8.52. The summed E-state index contributed by atoms with van der Waals surface area (Å²) in [7, 11) is 0. The summed E-state index contributed by atoms with van der Waals surface area (Å²) in [6.07, 6.45) is 34.2. The van der Waals surface area contributed by atoms with Gasteiger partial charge in [0.2, 0.25) is 0 Å². The van der Waals surface area contributed by atoms with Crippen LogP contribution in [0.4, 0.5) is 0 Å². The third-order valence-corrected chi connectivity index (χ3v) is 12.5. The molecule has 0 spiro atoms. The van der Waals surface area contributed by atoms with Gasteiger partial charge in [0.15, 0.2) is 12.6 Å². The van der Waals surface area contributed by atoms with Crippen molar-refractivity contribution in [2.45, 2.75) is 248 Å². The summed E-state index contributed by atoms with van der Waals surface area (Å²) in [5, 5.41) is 72.2. The lowest BCUT2D eigenvalue weighted by molar-refractivity contribution is -0.332. The number of ether oxygens (including phenoxy) is 6. The zero-order valence-electron chi connectivity index (χ0n) is 42.5. The number of esters is 1. The second-order valence-electron chi connectivity index (χ2n) is 18.7. The first-order chi connectivity index (χ1) is 33.6. The Morgan fingerprint density at radius 2 is 0.942 bits per heavy atom. The number of carbonyl (C=O) groups is 1. The van der Waals surface area contributed by atoms with Crippen LogP contribution in [0.3, 0.4) is 0 Å². The second-order valence-corrected chi connectivity index (χ2v) is 18.7. The van der Waals surface area contributed by atoms with E-state index in [9.17, 15) is 40.5 Å². The van der Waals surface area contributed by atoms with Crippen molar-refractivity contribution >= 4 is 5.97 Å². The lowest BCUT2D eigenvalue weighted by Crippen LogP contribution is -2.61. The average Bonchev–Trinajstić information content (AvgIpc) is 3.35. The molecule has 400 valence electrons. The molecule has 0 saturated carbocycles. The smallest absolute Gasteiger partial charge is 0.306 e. The maximum Gasteiger partial charge on any atom is 0.306 e. The van der Waals surface area contributed by atoms with E-state index >= 15 is 0 Å². The molecule has 0 aliphatic carbocycles. The molecule has 2 fully saturated rings. The minimum Gasteiger partial charge on any atom is -0.457 e. The fraction of sp³-hybridized carbons (Fsp3) is 0.800. The van der Waals surface area contributed by atoms with Crippen molar-refractivity contribution < 1.29 is 69.0 Å². The molecular formula is C55H96O14. The zero-order chi connectivity index (χ0) is 50.2. The fourth-order valence-corrected chi connectivity index (χ4v) is 8.15. The monoisotopic (exact) mass is 981 g/mol. The van der Waals surface area contributed by atoms with Crippen LogP contribution in [-0.2, 0) is 33.2 Å². The van der Waals surface area contributed by atoms with Gasteiger partial charge in [0.25, 0.3) is 0 Å². The Balaban J connectivity index is 1.73. The highest BCUT2D eigenvalue weighted by molar-refractivity contribution is 5.69. The number of carbonyl (C=O) groups excluding carboxylic acids is 1. The van der Waals surface area contributed by atoms with Crippen LogP contribution < -0.4 is 0 Å². The standard InChI is InChI=1S/C55H96O14/c1-3-5-7-9-11-13-15-17-18-19-20-21-22-23-24-25-27-29-31-33-35-37-39-64-41-44(67-47(57)38-36-34-32-30-28-26-16-14-12-10-8-6-4-2)42-65-54-53(63)51(61)49(59)46(69-54)43-66-55-52(62)50(60)48(58)45(40-56)68-55/h5,7,11,13-14,16-18,20-21,44-46,48-56,58-63H,3-4,6,8-10,12,15,19,22-43H2,1-2H3/b7-5-,13-11-,16-14-,18-17-,21-20-. The van der Waals surface area contributed by atoms with Crippen LogP contribution in [0, 0.1) is 0 Å². The zero-order valence-corrected chi connectivity index (χ0v) is 42.5. The van der Waals surface area contributed by atoms with Crippen molar-refractivity contribution in [1.82, 2.24) is 0 Å². The largest absolute Gasteiger partial charge is 0.457 e. The van der Waals surface area contributed by atoms with Crippen molar-refractivity contribution in [3.05, 3.63) is 60.8 Å². The summed E-state index contributed by atoms with van der Waals surface area (Å²) in [4.78, 5) is 13.0. The van der Waals surface area contributed by atoms with Gasteiger partial charge in [0, 0.05) is 13.0 Å². The topological polar surface area (TPSA) is 214 Å². The Kier molecular flexibility index (Phi) is 38.4. The molecule has 7 N–H and O–H groups in total. The molecule has 0 radical (unpaired) electrons. The molecule has 69 heavy (non-hydrogen) atoms. The summed E-state index contributed by atoms with van der Waals surface area (Å²) in [5.41, 5.74) is 0. The van der Waals surface area contributed by atoms with Crippen molar-refractivity contribution in [2.75, 3.05) is 33.0 Å². The SMILES string of the molecule is CC/C=C\C/C=C\C/C=C\C/C=C\CCCCCCCCCCCOCC(COC1OC(COC2OC(CO)C(O)C(O)C2O)C(O)C(O)C1O)OC(=O)CCCCCCC/C=C\CCCCCC. The molecule has 2 aliphatic heterocycles. The maximum atomic E-state index is 13.0. The lowest BCUT2D eigenvalue weighted by atomic mass is 9.98. The van der Waals surface area contributed by atoms with E-state index in [0.717, 1.165) is 89.9 Å². The number of aliphatic hydroxyl groups excluding tert-OH is 7. The van der Waals surface area contributed by atoms with Crippen LogP contribution in [0.25, 0.3) is 0 Å². The molecule has 11 atom stereocenters. The summed E-state index contributed by atoms with van der Waals surface area (Å²) in [6.45, 7) is 3.53. The van der Waals surface area contributed by atoms with E-state index in [1.54, 1.807) is 0 Å². The molecule has 14 nitrogen and oxygen atoms in total. The lowest BCUT2D eigenvalue weighted by Gasteiger charge is -2.42. The molecule has 2 saturated heterocycles. The van der Waals surface area contributed by atoms with Crippen molar-refractivity contribution in [1.29, 1.82) is 0 Å². The Morgan fingerprint density at radius 3 is 1.49 bits per heavy atom. The molecule has 0 aromatic rings. The van der Waals surface area contributed by atoms with Crippen molar-refractivity contribution in [2.24, 2.45) is 0 Å². The number of aliphatic hydroxyl groups is 7. The first kappa shape index (κ1) is 62.8. The Labute approximate surface area is 415 Å². The fourth-order valence-electron chi connectivity index (χ4n) is 8.15. The van der Waals surface area contributed by atoms with Crippen molar-refractivity contribution in [3.8, 4) is 0 Å². The Morgan fingerprint density at radius 1 is 0.493 bits per heavy atom. The summed E-state index contributed by atoms with van der Waals surface area (Å²) >= 11 is 0. The molecule has 11 unspecified atom stereocenters. The quantitative estimate of drug-likeness (QED) is 0.0174. The van der Waals surface area contributed by atoms with E-state index in [1.807, 2.05) is 0 Å². The van der Waals surface area contributed by atoms with Gasteiger partial charge in [-0.2, -0.15) is 0 Å². The van der Waals surface area contributed by atoms with Gasteiger partial charge in [-0.15, -0.1) is 0 Å². The number of hydrogen-bond acceptors (Lipinski definition) is 14. The van der Waals surface area contributed by atoms with Gasteiger partial charge in [0.1, 0.15) is 54.9 Å². The highest BCUT2D eigenvalue weighted by atomic mass is 16.7. The average molecular weight is 981 g/mol. The number of rotatable bonds is 42. The number of allylic oxidation sites excluding steroid dienone is 10. The third kappa shape index (κ3) is 29.7. The van der Waals surface area contributed by atoms with Crippen LogP contribution in [-0.4, -0.2) is 142 Å². The minimum atomic E-state index is -1.71. The van der Waals surface area contributed by atoms with Crippen LogP contribution in [0.15, 0.2) is 60.8 Å². The van der Waals surface area contributed by atoms with Crippen molar-refractivity contribution in [3.63, 3.8) is 0 Å². The van der Waals surface area contributed by atoms with Gasteiger partial charge in [-0.05, 0) is 77.0 Å². The molecule has 2 heterocycles. The van der Waals surface area contributed by atoms with E-state index < -0.39 is 80.7 Å². The highest BCUT2D eigenvalue weighted by Gasteiger charge is 2.47. The first-order valence-electron chi connectivity index (χ1n) is 26.9. The molecule has 0 aromatic heterocycles. The molecular weight excluding hydrogens is 885 g/mol. The van der Waals surface area contributed by atoms with Gasteiger partial charge in [-0.3, -0.25) is 4.79 Å². The Hall–Kier alpha value is -2.31. The van der Waals surface area contributed by atoms with E-state index in [2.05, 4.69) is 74.6 Å². The molecule has 14 heteroatoms. The summed E-state index contributed by atoms with van der Waals surface area (Å²) < 4.78 is 34.3. The van der Waals surface area contributed by atoms with Gasteiger partial charge in [-0.25, -0.2) is 0 Å². The molecule has 0 bridgehead atoms. The number of unbranched alkanes of at least 4 members (excludes halogenated alkanes) is 18. The first-order valence-corrected chi connectivity index (χ1v) is 26.9. The van der Waals surface area contributed by atoms with Crippen LogP contribution in [0.5, 0.6) is 0 Å².